The highest BCUT2D eigenvalue weighted by Crippen LogP contribution is 2.61. The fraction of sp³-hybridized carbons (Fsp3) is 1.00. The van der Waals surface area contributed by atoms with Crippen LogP contribution in [0.5, 0.6) is 0 Å². The normalized spacial score (nSPS) is 33.0. The summed E-state index contributed by atoms with van der Waals surface area (Å²) in [5.41, 5.74) is 0.646. The topological polar surface area (TPSA) is 18.5 Å². The third kappa shape index (κ3) is 0.982. The number of hydrogen-bond acceptors (Lipinski definition) is 2. The van der Waals surface area contributed by atoms with E-state index in [-0.39, 0.29) is 0 Å². The molecule has 0 spiro atoms. The van der Waals surface area contributed by atoms with E-state index in [4.69, 9.17) is 8.85 Å². The van der Waals surface area contributed by atoms with Gasteiger partial charge in [0, 0.05) is 24.8 Å². The Balaban J connectivity index is 2.79. The molecule has 0 N–H and O–H groups in total. The fourth-order valence-corrected chi connectivity index (χ4v) is 7.03. The van der Waals surface area contributed by atoms with Gasteiger partial charge in [-0.1, -0.05) is 20.8 Å². The van der Waals surface area contributed by atoms with Crippen molar-refractivity contribution in [2.24, 2.45) is 0 Å². The first-order chi connectivity index (χ1) is 5.00. The molecule has 0 aliphatic carbocycles. The monoisotopic (exact) mass is 174 g/mol. The van der Waals surface area contributed by atoms with Crippen LogP contribution in [0.4, 0.5) is 0 Å². The second-order valence-electron chi connectivity index (χ2n) is 4.06. The van der Waals surface area contributed by atoms with Crippen LogP contribution in [0.1, 0.15) is 27.2 Å². The smallest absolute Gasteiger partial charge is 0.346 e. The van der Waals surface area contributed by atoms with Crippen LogP contribution < -0.4 is 0 Å². The Bertz CT molecular complexity index is 152. The molecule has 0 aromatic heterocycles. The Labute approximate surface area is 70.1 Å². The lowest BCUT2D eigenvalue weighted by atomic mass is 10.1. The van der Waals surface area contributed by atoms with Crippen LogP contribution in [-0.2, 0) is 8.85 Å². The minimum atomic E-state index is -1.82. The van der Waals surface area contributed by atoms with Gasteiger partial charge in [0.05, 0.1) is 0 Å². The summed E-state index contributed by atoms with van der Waals surface area (Å²) < 4.78 is 11.1. The molecular weight excluding hydrogens is 156 g/mol. The molecule has 1 fully saturated rings. The molecule has 1 aliphatic heterocycles. The number of hydrogen-bond donors (Lipinski definition) is 0. The predicted molar refractivity (Wildman–Crippen MR) is 47.9 cm³/mol. The number of rotatable bonds is 2. The first kappa shape index (κ1) is 9.23. The summed E-state index contributed by atoms with van der Waals surface area (Å²) in [5, 5.41) is 0.302. The van der Waals surface area contributed by atoms with Gasteiger partial charge >= 0.3 is 8.56 Å². The lowest BCUT2D eigenvalue weighted by molar-refractivity contribution is 0.154. The Morgan fingerprint density at radius 2 is 1.73 bits per heavy atom. The lowest BCUT2D eigenvalue weighted by Gasteiger charge is -2.55. The molecule has 0 saturated carbocycles. The molecule has 0 aromatic carbocycles. The molecule has 0 aromatic rings. The minimum Gasteiger partial charge on any atom is -0.397 e. The van der Waals surface area contributed by atoms with Gasteiger partial charge in [0.25, 0.3) is 0 Å². The molecule has 1 heterocycles. The molecule has 1 atom stereocenters. The molecule has 1 rings (SSSR count). The van der Waals surface area contributed by atoms with Gasteiger partial charge in [-0.15, -0.1) is 0 Å². The van der Waals surface area contributed by atoms with E-state index >= 15 is 0 Å². The van der Waals surface area contributed by atoms with Crippen LogP contribution in [0, 0.1) is 0 Å². The van der Waals surface area contributed by atoms with Crippen LogP contribution >= 0.6 is 0 Å². The van der Waals surface area contributed by atoms with Gasteiger partial charge in [-0.05, 0) is 6.42 Å². The molecule has 1 saturated heterocycles. The largest absolute Gasteiger partial charge is 0.397 e. The van der Waals surface area contributed by atoms with Crippen molar-refractivity contribution in [3.63, 3.8) is 0 Å². The molecule has 1 aliphatic rings. The maximum atomic E-state index is 5.57. The summed E-state index contributed by atoms with van der Waals surface area (Å²) in [5.74, 6) is 0. The zero-order valence-corrected chi connectivity index (χ0v) is 9.10. The van der Waals surface area contributed by atoms with Crippen molar-refractivity contribution < 1.29 is 8.85 Å². The minimum absolute atomic E-state index is 0.302. The van der Waals surface area contributed by atoms with Crippen LogP contribution in [-0.4, -0.2) is 22.8 Å². The van der Waals surface area contributed by atoms with Crippen molar-refractivity contribution in [1.82, 2.24) is 0 Å². The quantitative estimate of drug-likeness (QED) is 0.598. The van der Waals surface area contributed by atoms with E-state index in [1.165, 1.54) is 6.42 Å². The van der Waals surface area contributed by atoms with E-state index in [0.717, 1.165) is 0 Å². The standard InChI is InChI=1S/C8H18O2Si/c1-7-6-8(2,3)11(7,9-4)10-5/h7H,6H2,1-5H3. The van der Waals surface area contributed by atoms with Gasteiger partial charge < -0.3 is 8.85 Å². The Kier molecular flexibility index (Phi) is 2.16. The zero-order chi connectivity index (χ0) is 8.70. The Hall–Kier alpha value is 0.137. The van der Waals surface area contributed by atoms with Gasteiger partial charge in [-0.2, -0.15) is 0 Å². The molecule has 11 heavy (non-hydrogen) atoms. The summed E-state index contributed by atoms with van der Waals surface area (Å²) in [6.45, 7) is 6.71. The second kappa shape index (κ2) is 2.57. The summed E-state index contributed by atoms with van der Waals surface area (Å²) in [6, 6.07) is 0. The van der Waals surface area contributed by atoms with Crippen molar-refractivity contribution in [2.45, 2.75) is 37.8 Å². The van der Waals surface area contributed by atoms with Gasteiger partial charge in [0.15, 0.2) is 0 Å². The van der Waals surface area contributed by atoms with Gasteiger partial charge in [-0.3, -0.25) is 0 Å². The highest BCUT2D eigenvalue weighted by Gasteiger charge is 2.64. The first-order valence-corrected chi connectivity index (χ1v) is 6.00. The van der Waals surface area contributed by atoms with E-state index in [0.29, 0.717) is 10.6 Å². The SMILES string of the molecule is CO[Si]1(OC)C(C)CC1(C)C. The van der Waals surface area contributed by atoms with Crippen molar-refractivity contribution in [1.29, 1.82) is 0 Å². The van der Waals surface area contributed by atoms with Crippen molar-refractivity contribution in [3.8, 4) is 0 Å². The summed E-state index contributed by atoms with van der Waals surface area (Å²) >= 11 is 0. The summed E-state index contributed by atoms with van der Waals surface area (Å²) in [7, 11) is 1.75. The van der Waals surface area contributed by atoms with Gasteiger partial charge in [-0.25, -0.2) is 0 Å². The molecule has 0 bridgehead atoms. The molecule has 66 valence electrons. The van der Waals surface area contributed by atoms with Crippen LogP contribution in [0.2, 0.25) is 10.6 Å². The summed E-state index contributed by atoms with van der Waals surface area (Å²) in [6.07, 6.45) is 1.24. The first-order valence-electron chi connectivity index (χ1n) is 4.10. The lowest BCUT2D eigenvalue weighted by Crippen LogP contribution is -2.61. The van der Waals surface area contributed by atoms with Crippen molar-refractivity contribution >= 4 is 8.56 Å². The molecule has 3 heteroatoms. The van der Waals surface area contributed by atoms with Crippen LogP contribution in [0.25, 0.3) is 0 Å². The van der Waals surface area contributed by atoms with Gasteiger partial charge in [0.2, 0.25) is 0 Å². The third-order valence-electron chi connectivity index (χ3n) is 3.02. The highest BCUT2D eigenvalue weighted by molar-refractivity contribution is 6.75. The van der Waals surface area contributed by atoms with Crippen LogP contribution in [0.3, 0.4) is 0 Å². The molecule has 1 unspecified atom stereocenters. The molecular formula is C8H18O2Si. The zero-order valence-electron chi connectivity index (χ0n) is 8.10. The van der Waals surface area contributed by atoms with Crippen LogP contribution in [0.15, 0.2) is 0 Å². The van der Waals surface area contributed by atoms with E-state index in [1.54, 1.807) is 14.2 Å². The fourth-order valence-electron chi connectivity index (χ4n) is 2.62. The maximum absolute atomic E-state index is 5.57. The average Bonchev–Trinajstić information content (AvgIpc) is 1.88. The average molecular weight is 174 g/mol. The molecule has 0 amide bonds. The van der Waals surface area contributed by atoms with E-state index in [2.05, 4.69) is 20.8 Å². The molecule has 0 radical (unpaired) electrons. The van der Waals surface area contributed by atoms with Crippen molar-refractivity contribution in [2.75, 3.05) is 14.2 Å². The Morgan fingerprint density at radius 3 is 1.82 bits per heavy atom. The third-order valence-corrected chi connectivity index (χ3v) is 7.82. The molecule has 2 nitrogen and oxygen atoms in total. The Morgan fingerprint density at radius 1 is 1.27 bits per heavy atom. The van der Waals surface area contributed by atoms with E-state index < -0.39 is 8.56 Å². The van der Waals surface area contributed by atoms with E-state index in [1.807, 2.05) is 0 Å². The van der Waals surface area contributed by atoms with E-state index in [9.17, 15) is 0 Å². The van der Waals surface area contributed by atoms with Gasteiger partial charge in [0.1, 0.15) is 0 Å². The van der Waals surface area contributed by atoms with Crippen molar-refractivity contribution in [3.05, 3.63) is 0 Å². The second-order valence-corrected chi connectivity index (χ2v) is 8.56. The highest BCUT2D eigenvalue weighted by atomic mass is 28.4. The summed E-state index contributed by atoms with van der Waals surface area (Å²) in [4.78, 5) is 0. The maximum Gasteiger partial charge on any atom is 0.346 e. The predicted octanol–water partition coefficient (Wildman–Crippen LogP) is 2.30.